The lowest BCUT2D eigenvalue weighted by atomic mass is 9.98. The van der Waals surface area contributed by atoms with Gasteiger partial charge in [-0.15, -0.1) is 0 Å². The van der Waals surface area contributed by atoms with Crippen molar-refractivity contribution in [1.82, 2.24) is 20.4 Å². The van der Waals surface area contributed by atoms with Crippen molar-refractivity contribution in [2.45, 2.75) is 25.9 Å². The third-order valence-electron chi connectivity index (χ3n) is 4.13. The molecule has 1 unspecified atom stereocenters. The third-order valence-corrected chi connectivity index (χ3v) is 4.13. The lowest BCUT2D eigenvalue weighted by Gasteiger charge is -2.22. The van der Waals surface area contributed by atoms with E-state index in [1.807, 2.05) is 29.1 Å². The fourth-order valence-electron chi connectivity index (χ4n) is 2.85. The molecule has 1 amide bonds. The Morgan fingerprint density at radius 1 is 1.32 bits per heavy atom. The smallest absolute Gasteiger partial charge is 0.224 e. The number of benzene rings is 1. The van der Waals surface area contributed by atoms with Crippen molar-refractivity contribution >= 4 is 5.91 Å². The van der Waals surface area contributed by atoms with Crippen LogP contribution in [0.5, 0.6) is 0 Å². The molecule has 116 valence electrons. The van der Waals surface area contributed by atoms with Gasteiger partial charge in [-0.05, 0) is 36.6 Å². The number of hydrogen-bond acceptors (Lipinski definition) is 3. The van der Waals surface area contributed by atoms with Crippen LogP contribution in [0.15, 0.2) is 42.7 Å². The molecule has 5 nitrogen and oxygen atoms in total. The topological polar surface area (TPSA) is 59.0 Å². The Bertz CT molecular complexity index is 603. The summed E-state index contributed by atoms with van der Waals surface area (Å²) in [5, 5.41) is 10.6. The van der Waals surface area contributed by atoms with Gasteiger partial charge < -0.3 is 10.6 Å². The number of piperidine rings is 1. The van der Waals surface area contributed by atoms with Crippen LogP contribution in [0.2, 0.25) is 0 Å². The maximum Gasteiger partial charge on any atom is 0.224 e. The summed E-state index contributed by atoms with van der Waals surface area (Å²) in [6, 6.07) is 10.1. The molecule has 0 saturated carbocycles. The molecule has 1 saturated heterocycles. The van der Waals surface area contributed by atoms with Gasteiger partial charge in [-0.1, -0.05) is 24.3 Å². The predicted molar refractivity (Wildman–Crippen MR) is 85.2 cm³/mol. The highest BCUT2D eigenvalue weighted by Gasteiger charge is 2.20. The summed E-state index contributed by atoms with van der Waals surface area (Å²) < 4.78 is 1.89. The van der Waals surface area contributed by atoms with Crippen LogP contribution in [0, 0.1) is 5.92 Å². The number of hydrogen-bond donors (Lipinski definition) is 2. The van der Waals surface area contributed by atoms with E-state index < -0.39 is 0 Å². The number of carbonyl (C=O) groups is 1. The van der Waals surface area contributed by atoms with E-state index >= 15 is 0 Å². The molecule has 5 heteroatoms. The van der Waals surface area contributed by atoms with Gasteiger partial charge in [-0.25, -0.2) is 0 Å². The van der Waals surface area contributed by atoms with E-state index in [1.54, 1.807) is 6.20 Å². The van der Waals surface area contributed by atoms with E-state index in [0.29, 0.717) is 6.54 Å². The quantitative estimate of drug-likeness (QED) is 0.880. The number of nitrogens with zero attached hydrogens (tertiary/aromatic N) is 2. The van der Waals surface area contributed by atoms with Gasteiger partial charge in [-0.3, -0.25) is 9.48 Å². The van der Waals surface area contributed by atoms with E-state index in [0.717, 1.165) is 38.0 Å². The van der Waals surface area contributed by atoms with Crippen LogP contribution in [-0.2, 0) is 17.9 Å². The Hall–Kier alpha value is -2.14. The van der Waals surface area contributed by atoms with Crippen LogP contribution < -0.4 is 10.6 Å². The van der Waals surface area contributed by atoms with Gasteiger partial charge in [0.1, 0.15) is 0 Å². The minimum Gasteiger partial charge on any atom is -0.352 e. The maximum absolute atomic E-state index is 12.2. The first kappa shape index (κ1) is 14.8. The second kappa shape index (κ2) is 7.22. The molecule has 1 aromatic heterocycles. The molecule has 1 aliphatic heterocycles. The van der Waals surface area contributed by atoms with Gasteiger partial charge in [0.05, 0.1) is 12.5 Å². The third kappa shape index (κ3) is 3.74. The average Bonchev–Trinajstić information content (AvgIpc) is 3.07. The molecule has 0 bridgehead atoms. The summed E-state index contributed by atoms with van der Waals surface area (Å²) in [7, 11) is 0. The fourth-order valence-corrected chi connectivity index (χ4v) is 2.85. The zero-order valence-corrected chi connectivity index (χ0v) is 12.7. The van der Waals surface area contributed by atoms with E-state index in [2.05, 4.69) is 27.9 Å². The normalized spacial score (nSPS) is 18.1. The first-order valence-electron chi connectivity index (χ1n) is 7.85. The van der Waals surface area contributed by atoms with Crippen molar-refractivity contribution in [3.05, 3.63) is 53.9 Å². The van der Waals surface area contributed by atoms with Crippen molar-refractivity contribution in [3.8, 4) is 0 Å². The second-order valence-electron chi connectivity index (χ2n) is 5.73. The number of aromatic nitrogens is 2. The van der Waals surface area contributed by atoms with Gasteiger partial charge in [-0.2, -0.15) is 5.10 Å². The molecule has 0 aliphatic carbocycles. The van der Waals surface area contributed by atoms with Gasteiger partial charge in [0.25, 0.3) is 0 Å². The summed E-state index contributed by atoms with van der Waals surface area (Å²) in [6.07, 6.45) is 5.78. The minimum absolute atomic E-state index is 0.104. The number of amides is 1. The zero-order chi connectivity index (χ0) is 15.2. The predicted octanol–water partition coefficient (Wildman–Crippen LogP) is 1.55. The molecule has 1 aliphatic rings. The molecule has 1 fully saturated rings. The Labute approximate surface area is 130 Å². The zero-order valence-electron chi connectivity index (χ0n) is 12.7. The van der Waals surface area contributed by atoms with Crippen LogP contribution in [0.1, 0.15) is 24.0 Å². The van der Waals surface area contributed by atoms with Gasteiger partial charge in [0, 0.05) is 25.5 Å². The van der Waals surface area contributed by atoms with Crippen LogP contribution in [0.3, 0.4) is 0 Å². The Kier molecular flexibility index (Phi) is 4.85. The van der Waals surface area contributed by atoms with E-state index in [4.69, 9.17) is 0 Å². The van der Waals surface area contributed by atoms with Crippen LogP contribution in [0.25, 0.3) is 0 Å². The number of rotatable bonds is 5. The Balaban J connectivity index is 1.61. The lowest BCUT2D eigenvalue weighted by molar-refractivity contribution is -0.125. The highest BCUT2D eigenvalue weighted by Crippen LogP contribution is 2.13. The molecular weight excluding hydrogens is 276 g/mol. The highest BCUT2D eigenvalue weighted by molar-refractivity contribution is 5.79. The summed E-state index contributed by atoms with van der Waals surface area (Å²) in [5.41, 5.74) is 2.34. The molecule has 2 heterocycles. The highest BCUT2D eigenvalue weighted by atomic mass is 16.1. The monoisotopic (exact) mass is 298 g/mol. The van der Waals surface area contributed by atoms with Gasteiger partial charge in [0.15, 0.2) is 0 Å². The summed E-state index contributed by atoms with van der Waals surface area (Å²) in [6.45, 7) is 3.12. The molecule has 1 atom stereocenters. The molecule has 2 N–H and O–H groups in total. The van der Waals surface area contributed by atoms with Crippen molar-refractivity contribution < 1.29 is 4.79 Å². The van der Waals surface area contributed by atoms with Crippen LogP contribution in [0.4, 0.5) is 0 Å². The molecule has 0 spiro atoms. The largest absolute Gasteiger partial charge is 0.352 e. The second-order valence-corrected chi connectivity index (χ2v) is 5.73. The van der Waals surface area contributed by atoms with Crippen molar-refractivity contribution in [1.29, 1.82) is 0 Å². The van der Waals surface area contributed by atoms with E-state index in [-0.39, 0.29) is 11.8 Å². The lowest BCUT2D eigenvalue weighted by Crippen LogP contribution is -2.40. The van der Waals surface area contributed by atoms with Crippen molar-refractivity contribution in [2.24, 2.45) is 5.92 Å². The Morgan fingerprint density at radius 3 is 2.91 bits per heavy atom. The summed E-state index contributed by atoms with van der Waals surface area (Å²) in [5.74, 6) is 0.258. The average molecular weight is 298 g/mol. The first-order chi connectivity index (χ1) is 10.8. The molecular formula is C17H22N4O. The Morgan fingerprint density at radius 2 is 2.18 bits per heavy atom. The summed E-state index contributed by atoms with van der Waals surface area (Å²) in [4.78, 5) is 12.2. The van der Waals surface area contributed by atoms with Crippen molar-refractivity contribution in [2.75, 3.05) is 13.1 Å². The maximum atomic E-state index is 12.2. The van der Waals surface area contributed by atoms with E-state index in [1.165, 1.54) is 5.56 Å². The fraction of sp³-hybridized carbons (Fsp3) is 0.412. The van der Waals surface area contributed by atoms with Crippen LogP contribution >= 0.6 is 0 Å². The minimum atomic E-state index is 0.104. The van der Waals surface area contributed by atoms with Gasteiger partial charge >= 0.3 is 0 Å². The molecule has 1 aromatic carbocycles. The molecule has 3 rings (SSSR count). The van der Waals surface area contributed by atoms with E-state index in [9.17, 15) is 4.79 Å². The standard InChI is InChI=1S/C17H22N4O/c22-17(15-7-3-8-18-11-15)19-12-14-5-1-2-6-16(14)13-21-10-4-9-20-21/h1-2,4-6,9-10,15,18H,3,7-8,11-13H2,(H,19,22). The summed E-state index contributed by atoms with van der Waals surface area (Å²) >= 11 is 0. The van der Waals surface area contributed by atoms with Crippen LogP contribution in [-0.4, -0.2) is 28.8 Å². The first-order valence-corrected chi connectivity index (χ1v) is 7.85. The SMILES string of the molecule is O=C(NCc1ccccc1Cn1cccn1)C1CCCNC1. The molecule has 0 radical (unpaired) electrons. The number of carbonyl (C=O) groups excluding carboxylic acids is 1. The van der Waals surface area contributed by atoms with Crippen molar-refractivity contribution in [3.63, 3.8) is 0 Å². The van der Waals surface area contributed by atoms with Gasteiger partial charge in [0.2, 0.25) is 5.91 Å². The molecule has 22 heavy (non-hydrogen) atoms. The molecule has 2 aromatic rings. The number of nitrogens with one attached hydrogen (secondary N) is 2.